The fourth-order valence-electron chi connectivity index (χ4n) is 2.78. The molecule has 0 aliphatic heterocycles. The predicted molar refractivity (Wildman–Crippen MR) is 88.1 cm³/mol. The second kappa shape index (κ2) is 8.02. The van der Waals surface area contributed by atoms with Crippen molar-refractivity contribution in [3.8, 4) is 0 Å². The Balaban J connectivity index is 1.71. The van der Waals surface area contributed by atoms with Crippen LogP contribution in [0.15, 0.2) is 18.2 Å². The van der Waals surface area contributed by atoms with Gasteiger partial charge < -0.3 is 15.2 Å². The summed E-state index contributed by atoms with van der Waals surface area (Å²) in [5.41, 5.74) is 1.97. The van der Waals surface area contributed by atoms with Crippen molar-refractivity contribution in [3.05, 3.63) is 28.8 Å². The van der Waals surface area contributed by atoms with Gasteiger partial charge in [0.2, 0.25) is 0 Å². The quantitative estimate of drug-likeness (QED) is 0.834. The Morgan fingerprint density at radius 1 is 1.33 bits per heavy atom. The number of aliphatic hydroxyl groups is 1. The molecule has 0 bridgehead atoms. The van der Waals surface area contributed by atoms with Gasteiger partial charge in [0.05, 0.1) is 29.5 Å². The molecule has 0 saturated heterocycles. The Bertz CT molecular complexity index is 424. The number of benzene rings is 1. The zero-order valence-electron chi connectivity index (χ0n) is 12.9. The maximum Gasteiger partial charge on any atom is 0.0945 e. The zero-order chi connectivity index (χ0) is 15.2. The Kier molecular flexibility index (Phi) is 6.34. The van der Waals surface area contributed by atoms with Crippen molar-refractivity contribution in [2.45, 2.75) is 51.7 Å². The maximum absolute atomic E-state index is 10.0. The Labute approximate surface area is 132 Å². The van der Waals surface area contributed by atoms with Crippen LogP contribution >= 0.6 is 11.6 Å². The lowest BCUT2D eigenvalue weighted by Crippen LogP contribution is -2.29. The van der Waals surface area contributed by atoms with Gasteiger partial charge in [0.15, 0.2) is 0 Å². The molecule has 1 aromatic rings. The van der Waals surface area contributed by atoms with Crippen LogP contribution in [0.1, 0.15) is 38.2 Å². The van der Waals surface area contributed by atoms with E-state index in [1.54, 1.807) is 0 Å². The molecule has 1 fully saturated rings. The van der Waals surface area contributed by atoms with Crippen molar-refractivity contribution in [1.82, 2.24) is 0 Å². The van der Waals surface area contributed by atoms with Gasteiger partial charge in [-0.3, -0.25) is 0 Å². The molecule has 1 saturated carbocycles. The third kappa shape index (κ3) is 5.17. The molecule has 0 radical (unpaired) electrons. The van der Waals surface area contributed by atoms with Crippen molar-refractivity contribution < 1.29 is 9.84 Å². The molecule has 2 N–H and O–H groups in total. The first-order chi connectivity index (χ1) is 10.1. The van der Waals surface area contributed by atoms with E-state index in [-0.39, 0.29) is 0 Å². The van der Waals surface area contributed by atoms with Crippen molar-refractivity contribution in [2.75, 3.05) is 18.5 Å². The smallest absolute Gasteiger partial charge is 0.0945 e. The van der Waals surface area contributed by atoms with Crippen LogP contribution < -0.4 is 5.32 Å². The third-order valence-electron chi connectivity index (χ3n) is 4.22. The molecule has 118 valence electrons. The molecule has 1 atom stereocenters. The van der Waals surface area contributed by atoms with Gasteiger partial charge >= 0.3 is 0 Å². The first-order valence-corrected chi connectivity index (χ1v) is 8.22. The zero-order valence-corrected chi connectivity index (χ0v) is 13.7. The molecular formula is C17H26ClNO2. The van der Waals surface area contributed by atoms with E-state index in [0.29, 0.717) is 24.3 Å². The number of aryl methyl sites for hydroxylation is 1. The second-order valence-electron chi connectivity index (χ2n) is 6.18. The van der Waals surface area contributed by atoms with Gasteiger partial charge in [0.25, 0.3) is 0 Å². The van der Waals surface area contributed by atoms with Crippen LogP contribution in [-0.2, 0) is 4.74 Å². The van der Waals surface area contributed by atoms with Crippen molar-refractivity contribution in [1.29, 1.82) is 0 Å². The molecule has 1 aliphatic rings. The van der Waals surface area contributed by atoms with Crippen LogP contribution in [0, 0.1) is 12.8 Å². The van der Waals surface area contributed by atoms with E-state index < -0.39 is 6.10 Å². The summed E-state index contributed by atoms with van der Waals surface area (Å²) in [6.45, 7) is 5.13. The number of anilines is 1. The summed E-state index contributed by atoms with van der Waals surface area (Å²) in [6.07, 6.45) is 4.50. The van der Waals surface area contributed by atoms with Gasteiger partial charge in [-0.05, 0) is 50.2 Å². The SMILES string of the molecule is Cc1cccc(Cl)c1NCC(O)COC1CCC(C)CC1. The minimum atomic E-state index is -0.514. The van der Waals surface area contributed by atoms with Crippen LogP contribution in [0.4, 0.5) is 5.69 Å². The highest BCUT2D eigenvalue weighted by atomic mass is 35.5. The predicted octanol–water partition coefficient (Wildman–Crippen LogP) is 4.02. The van der Waals surface area contributed by atoms with E-state index >= 15 is 0 Å². The summed E-state index contributed by atoms with van der Waals surface area (Å²) >= 11 is 6.15. The van der Waals surface area contributed by atoms with E-state index in [4.69, 9.17) is 16.3 Å². The first kappa shape index (κ1) is 16.6. The van der Waals surface area contributed by atoms with E-state index in [2.05, 4.69) is 12.2 Å². The summed E-state index contributed by atoms with van der Waals surface area (Å²) in [5.74, 6) is 0.819. The molecule has 1 aliphatic carbocycles. The summed E-state index contributed by atoms with van der Waals surface area (Å²) < 4.78 is 5.82. The fourth-order valence-corrected chi connectivity index (χ4v) is 3.07. The number of ether oxygens (including phenoxy) is 1. The van der Waals surface area contributed by atoms with E-state index in [0.717, 1.165) is 30.0 Å². The minimum Gasteiger partial charge on any atom is -0.389 e. The summed E-state index contributed by atoms with van der Waals surface area (Å²) in [7, 11) is 0. The summed E-state index contributed by atoms with van der Waals surface area (Å²) in [6, 6.07) is 5.77. The molecule has 21 heavy (non-hydrogen) atoms. The average molecular weight is 312 g/mol. The molecule has 0 aromatic heterocycles. The maximum atomic E-state index is 10.0. The minimum absolute atomic E-state index is 0.317. The number of aliphatic hydroxyl groups excluding tert-OH is 1. The van der Waals surface area contributed by atoms with Crippen molar-refractivity contribution >= 4 is 17.3 Å². The highest BCUT2D eigenvalue weighted by molar-refractivity contribution is 6.33. The number of para-hydroxylation sites is 1. The van der Waals surface area contributed by atoms with Gasteiger partial charge in [0.1, 0.15) is 0 Å². The van der Waals surface area contributed by atoms with Crippen molar-refractivity contribution in [2.24, 2.45) is 5.92 Å². The van der Waals surface area contributed by atoms with Crippen LogP contribution in [0.25, 0.3) is 0 Å². The largest absolute Gasteiger partial charge is 0.389 e. The lowest BCUT2D eigenvalue weighted by Gasteiger charge is -2.27. The summed E-state index contributed by atoms with van der Waals surface area (Å²) in [4.78, 5) is 0. The standard InChI is InChI=1S/C17H26ClNO2/c1-12-6-8-15(9-7-12)21-11-14(20)10-19-17-13(2)4-3-5-16(17)18/h3-5,12,14-15,19-20H,6-11H2,1-2H3. The van der Waals surface area contributed by atoms with Crippen LogP contribution in [-0.4, -0.2) is 30.5 Å². The molecule has 1 aromatic carbocycles. The van der Waals surface area contributed by atoms with E-state index in [1.165, 1.54) is 12.8 Å². The Hall–Kier alpha value is -0.770. The molecule has 0 heterocycles. The molecule has 2 rings (SSSR count). The topological polar surface area (TPSA) is 41.5 Å². The van der Waals surface area contributed by atoms with Crippen molar-refractivity contribution in [3.63, 3.8) is 0 Å². The number of halogens is 1. The molecule has 4 heteroatoms. The number of nitrogens with one attached hydrogen (secondary N) is 1. The Morgan fingerprint density at radius 3 is 2.71 bits per heavy atom. The molecule has 0 spiro atoms. The lowest BCUT2D eigenvalue weighted by atomic mass is 9.89. The summed E-state index contributed by atoms with van der Waals surface area (Å²) in [5, 5.41) is 13.9. The molecule has 0 amide bonds. The van der Waals surface area contributed by atoms with Crippen LogP contribution in [0.3, 0.4) is 0 Å². The van der Waals surface area contributed by atoms with Crippen LogP contribution in [0.2, 0.25) is 5.02 Å². The van der Waals surface area contributed by atoms with Gasteiger partial charge in [-0.15, -0.1) is 0 Å². The van der Waals surface area contributed by atoms with Crippen LogP contribution in [0.5, 0.6) is 0 Å². The van der Waals surface area contributed by atoms with E-state index in [1.807, 2.05) is 25.1 Å². The number of hydrogen-bond donors (Lipinski definition) is 2. The van der Waals surface area contributed by atoms with Gasteiger partial charge in [-0.25, -0.2) is 0 Å². The first-order valence-electron chi connectivity index (χ1n) is 7.85. The van der Waals surface area contributed by atoms with Gasteiger partial charge in [-0.1, -0.05) is 30.7 Å². The number of hydrogen-bond acceptors (Lipinski definition) is 3. The van der Waals surface area contributed by atoms with E-state index in [9.17, 15) is 5.11 Å². The number of rotatable bonds is 6. The normalized spacial score (nSPS) is 23.8. The Morgan fingerprint density at radius 2 is 2.05 bits per heavy atom. The molecule has 1 unspecified atom stereocenters. The van der Waals surface area contributed by atoms with Gasteiger partial charge in [-0.2, -0.15) is 0 Å². The average Bonchev–Trinajstić information content (AvgIpc) is 2.46. The molecular weight excluding hydrogens is 286 g/mol. The monoisotopic (exact) mass is 311 g/mol. The highest BCUT2D eigenvalue weighted by Crippen LogP contribution is 2.26. The second-order valence-corrected chi connectivity index (χ2v) is 6.59. The van der Waals surface area contributed by atoms with Gasteiger partial charge in [0, 0.05) is 6.54 Å². The third-order valence-corrected chi connectivity index (χ3v) is 4.54. The highest BCUT2D eigenvalue weighted by Gasteiger charge is 2.19. The molecule has 3 nitrogen and oxygen atoms in total. The fraction of sp³-hybridized carbons (Fsp3) is 0.647. The lowest BCUT2D eigenvalue weighted by molar-refractivity contribution is -0.0245.